The number of esters is 1. The van der Waals surface area contributed by atoms with Gasteiger partial charge in [0.15, 0.2) is 5.82 Å². The maximum atomic E-state index is 11.8. The first-order chi connectivity index (χ1) is 10.9. The highest BCUT2D eigenvalue weighted by atomic mass is 16.5. The summed E-state index contributed by atoms with van der Waals surface area (Å²) < 4.78 is 9.97. The van der Waals surface area contributed by atoms with Crippen LogP contribution in [0, 0.1) is 6.92 Å². The van der Waals surface area contributed by atoms with E-state index in [4.69, 9.17) is 9.26 Å². The fourth-order valence-electron chi connectivity index (χ4n) is 1.80. The molecule has 2 aromatic rings. The average molecular weight is 317 g/mol. The van der Waals surface area contributed by atoms with Crippen molar-refractivity contribution in [3.05, 3.63) is 41.7 Å². The zero-order chi connectivity index (χ0) is 16.8. The summed E-state index contributed by atoms with van der Waals surface area (Å²) in [5, 5.41) is 9.24. The lowest BCUT2D eigenvalue weighted by Crippen LogP contribution is -2.21. The standard InChI is InChI=1S/C16H19N3O4/c1-10(2)22-16(21)12-4-6-13(7-5-12)17-9-15(20)18-14-8-11(3)23-19-14/h4-8,10,17H,9H2,1-3H3,(H,18,19,20). The van der Waals surface area contributed by atoms with Gasteiger partial charge < -0.3 is 19.9 Å². The molecule has 0 aliphatic heterocycles. The van der Waals surface area contributed by atoms with Crippen molar-refractivity contribution in [2.75, 3.05) is 17.2 Å². The highest BCUT2D eigenvalue weighted by Crippen LogP contribution is 2.11. The molecule has 2 rings (SSSR count). The van der Waals surface area contributed by atoms with E-state index in [1.54, 1.807) is 51.1 Å². The van der Waals surface area contributed by atoms with Gasteiger partial charge >= 0.3 is 5.97 Å². The quantitative estimate of drug-likeness (QED) is 0.795. The number of anilines is 2. The Kier molecular flexibility index (Phi) is 5.35. The van der Waals surface area contributed by atoms with Crippen LogP contribution in [0.15, 0.2) is 34.9 Å². The van der Waals surface area contributed by atoms with Crippen molar-refractivity contribution in [2.24, 2.45) is 0 Å². The van der Waals surface area contributed by atoms with Gasteiger partial charge in [0.05, 0.1) is 18.2 Å². The third-order valence-corrected chi connectivity index (χ3v) is 2.81. The molecule has 1 aromatic carbocycles. The second kappa shape index (κ2) is 7.44. The Bertz CT molecular complexity index is 677. The van der Waals surface area contributed by atoms with Gasteiger partial charge in [-0.2, -0.15) is 0 Å². The number of aromatic nitrogens is 1. The first kappa shape index (κ1) is 16.5. The Hall–Kier alpha value is -2.83. The molecule has 0 atom stereocenters. The highest BCUT2D eigenvalue weighted by Gasteiger charge is 2.09. The molecule has 0 fully saturated rings. The van der Waals surface area contributed by atoms with E-state index in [2.05, 4.69) is 15.8 Å². The van der Waals surface area contributed by atoms with Crippen LogP contribution in [0.4, 0.5) is 11.5 Å². The van der Waals surface area contributed by atoms with Crippen LogP contribution in [0.3, 0.4) is 0 Å². The zero-order valence-electron chi connectivity index (χ0n) is 13.3. The Morgan fingerprint density at radius 3 is 2.52 bits per heavy atom. The van der Waals surface area contributed by atoms with Gasteiger partial charge in [-0.25, -0.2) is 4.79 Å². The third kappa shape index (κ3) is 5.14. The lowest BCUT2D eigenvalue weighted by atomic mass is 10.2. The number of nitrogens with one attached hydrogen (secondary N) is 2. The number of amides is 1. The van der Waals surface area contributed by atoms with Crippen molar-refractivity contribution in [1.29, 1.82) is 0 Å². The summed E-state index contributed by atoms with van der Waals surface area (Å²) in [6.45, 7) is 5.40. The van der Waals surface area contributed by atoms with Crippen LogP contribution in [0.25, 0.3) is 0 Å². The Morgan fingerprint density at radius 2 is 1.96 bits per heavy atom. The molecular formula is C16H19N3O4. The number of rotatable bonds is 6. The van der Waals surface area contributed by atoms with Gasteiger partial charge in [-0.05, 0) is 45.0 Å². The highest BCUT2D eigenvalue weighted by molar-refractivity contribution is 5.93. The second-order valence-corrected chi connectivity index (χ2v) is 5.26. The molecule has 122 valence electrons. The number of benzene rings is 1. The molecule has 7 nitrogen and oxygen atoms in total. The lowest BCUT2D eigenvalue weighted by molar-refractivity contribution is -0.114. The summed E-state index contributed by atoms with van der Waals surface area (Å²) in [5.74, 6) is 0.380. The monoisotopic (exact) mass is 317 g/mol. The molecule has 1 aromatic heterocycles. The number of carbonyl (C=O) groups is 2. The van der Waals surface area contributed by atoms with Gasteiger partial charge in [0.25, 0.3) is 0 Å². The van der Waals surface area contributed by atoms with Crippen LogP contribution >= 0.6 is 0 Å². The predicted octanol–water partition coefficient (Wildman–Crippen LogP) is 2.60. The second-order valence-electron chi connectivity index (χ2n) is 5.26. The molecule has 0 radical (unpaired) electrons. The first-order valence-electron chi connectivity index (χ1n) is 7.22. The van der Waals surface area contributed by atoms with Gasteiger partial charge in [-0.1, -0.05) is 5.16 Å². The molecule has 0 spiro atoms. The maximum Gasteiger partial charge on any atom is 0.338 e. The minimum Gasteiger partial charge on any atom is -0.459 e. The zero-order valence-corrected chi connectivity index (χ0v) is 13.3. The number of carbonyl (C=O) groups excluding carboxylic acids is 2. The molecular weight excluding hydrogens is 298 g/mol. The summed E-state index contributed by atoms with van der Waals surface area (Å²) in [6.07, 6.45) is -0.163. The number of nitrogens with zero attached hydrogens (tertiary/aromatic N) is 1. The number of ether oxygens (including phenoxy) is 1. The summed E-state index contributed by atoms with van der Waals surface area (Å²) in [6, 6.07) is 8.35. The van der Waals surface area contributed by atoms with Crippen LogP contribution in [0.1, 0.15) is 30.0 Å². The third-order valence-electron chi connectivity index (χ3n) is 2.81. The van der Waals surface area contributed by atoms with Crippen LogP contribution in [-0.2, 0) is 9.53 Å². The van der Waals surface area contributed by atoms with E-state index in [1.165, 1.54) is 0 Å². The molecule has 0 aliphatic carbocycles. The molecule has 7 heteroatoms. The van der Waals surface area contributed by atoms with Gasteiger partial charge in [0.2, 0.25) is 5.91 Å². The van der Waals surface area contributed by atoms with Gasteiger partial charge in [-0.3, -0.25) is 4.79 Å². The fraction of sp³-hybridized carbons (Fsp3) is 0.312. The molecule has 2 N–H and O–H groups in total. The van der Waals surface area contributed by atoms with Crippen LogP contribution in [-0.4, -0.2) is 29.7 Å². The molecule has 23 heavy (non-hydrogen) atoms. The molecule has 0 aliphatic rings. The Morgan fingerprint density at radius 1 is 1.26 bits per heavy atom. The molecule has 0 unspecified atom stereocenters. The van der Waals surface area contributed by atoms with E-state index in [0.717, 1.165) is 5.69 Å². The fourth-order valence-corrected chi connectivity index (χ4v) is 1.80. The van der Waals surface area contributed by atoms with E-state index in [1.807, 2.05) is 0 Å². The smallest absolute Gasteiger partial charge is 0.338 e. The molecule has 0 bridgehead atoms. The van der Waals surface area contributed by atoms with Crippen molar-refractivity contribution < 1.29 is 18.8 Å². The molecule has 1 amide bonds. The van der Waals surface area contributed by atoms with Crippen molar-refractivity contribution in [3.8, 4) is 0 Å². The predicted molar refractivity (Wildman–Crippen MR) is 85.4 cm³/mol. The van der Waals surface area contributed by atoms with Gasteiger partial charge in [-0.15, -0.1) is 0 Å². The van der Waals surface area contributed by atoms with Crippen LogP contribution in [0.2, 0.25) is 0 Å². The Labute approximate surface area is 134 Å². The van der Waals surface area contributed by atoms with E-state index in [9.17, 15) is 9.59 Å². The summed E-state index contributed by atoms with van der Waals surface area (Å²) in [4.78, 5) is 23.5. The maximum absolute atomic E-state index is 11.8. The SMILES string of the molecule is Cc1cc(NC(=O)CNc2ccc(C(=O)OC(C)C)cc2)no1. The topological polar surface area (TPSA) is 93.5 Å². The minimum atomic E-state index is -0.370. The molecule has 0 saturated heterocycles. The Balaban J connectivity index is 1.84. The van der Waals surface area contributed by atoms with Crippen molar-refractivity contribution in [3.63, 3.8) is 0 Å². The lowest BCUT2D eigenvalue weighted by Gasteiger charge is -2.09. The van der Waals surface area contributed by atoms with E-state index < -0.39 is 0 Å². The summed E-state index contributed by atoms with van der Waals surface area (Å²) in [7, 11) is 0. The first-order valence-corrected chi connectivity index (χ1v) is 7.22. The van der Waals surface area contributed by atoms with Crippen molar-refractivity contribution in [2.45, 2.75) is 26.9 Å². The van der Waals surface area contributed by atoms with Crippen LogP contribution in [0.5, 0.6) is 0 Å². The van der Waals surface area contributed by atoms with E-state index in [-0.39, 0.29) is 24.5 Å². The normalized spacial score (nSPS) is 10.4. The van der Waals surface area contributed by atoms with Crippen molar-refractivity contribution >= 4 is 23.4 Å². The molecule has 0 saturated carbocycles. The summed E-state index contributed by atoms with van der Waals surface area (Å²) >= 11 is 0. The number of hydrogen-bond acceptors (Lipinski definition) is 6. The van der Waals surface area contributed by atoms with Gasteiger partial charge in [0.1, 0.15) is 5.76 Å². The van der Waals surface area contributed by atoms with Crippen molar-refractivity contribution in [1.82, 2.24) is 5.16 Å². The minimum absolute atomic E-state index is 0.0711. The van der Waals surface area contributed by atoms with E-state index >= 15 is 0 Å². The average Bonchev–Trinajstić information content (AvgIpc) is 2.90. The van der Waals surface area contributed by atoms with Gasteiger partial charge in [0, 0.05) is 11.8 Å². The number of aryl methyl sites for hydroxylation is 1. The molecule has 1 heterocycles. The largest absolute Gasteiger partial charge is 0.459 e. The number of hydrogen-bond donors (Lipinski definition) is 2. The van der Waals surface area contributed by atoms with Crippen LogP contribution < -0.4 is 10.6 Å². The summed E-state index contributed by atoms with van der Waals surface area (Å²) in [5.41, 5.74) is 1.18. The van der Waals surface area contributed by atoms with E-state index in [0.29, 0.717) is 17.1 Å².